The Labute approximate surface area is 141 Å². The molecule has 116 valence electrons. The van der Waals surface area contributed by atoms with Crippen molar-refractivity contribution in [2.24, 2.45) is 0 Å². The lowest BCUT2D eigenvalue weighted by molar-refractivity contribution is 0.518. The van der Waals surface area contributed by atoms with Gasteiger partial charge in [-0.15, -0.1) is 0 Å². The average Bonchev–Trinajstić information content (AvgIpc) is 3.12. The minimum Gasteiger partial charge on any atom is -0.323 e. The monoisotopic (exact) mass is 312 g/mol. The molecule has 0 radical (unpaired) electrons. The predicted molar refractivity (Wildman–Crippen MR) is 90.8 cm³/mol. The third-order valence-electron chi connectivity index (χ3n) is 4.27. The first-order valence-electron chi connectivity index (χ1n) is 7.74. The van der Waals surface area contributed by atoms with E-state index in [0.29, 0.717) is 18.8 Å². The molecule has 24 heavy (non-hydrogen) atoms. The Morgan fingerprint density at radius 2 is 1.50 bits per heavy atom. The van der Waals surface area contributed by atoms with E-state index in [1.165, 1.54) is 0 Å². The second kappa shape index (κ2) is 6.81. The highest BCUT2D eigenvalue weighted by Crippen LogP contribution is 2.35. The van der Waals surface area contributed by atoms with Crippen molar-refractivity contribution in [3.8, 4) is 12.1 Å². The maximum atomic E-state index is 10.1. The smallest absolute Gasteiger partial charge is 0.212 e. The van der Waals surface area contributed by atoms with Gasteiger partial charge in [-0.2, -0.15) is 10.5 Å². The van der Waals surface area contributed by atoms with Crippen LogP contribution in [-0.4, -0.2) is 9.55 Å². The highest BCUT2D eigenvalue weighted by Gasteiger charge is 2.34. The molecule has 0 aliphatic heterocycles. The molecule has 0 saturated heterocycles. The Kier molecular flexibility index (Phi) is 4.40. The quantitative estimate of drug-likeness (QED) is 0.722. The van der Waals surface area contributed by atoms with Crippen LogP contribution in [0.5, 0.6) is 0 Å². The molecule has 0 atom stereocenters. The first kappa shape index (κ1) is 15.5. The van der Waals surface area contributed by atoms with Gasteiger partial charge < -0.3 is 4.57 Å². The van der Waals surface area contributed by atoms with E-state index in [9.17, 15) is 5.26 Å². The van der Waals surface area contributed by atoms with Gasteiger partial charge in [-0.3, -0.25) is 0 Å². The summed E-state index contributed by atoms with van der Waals surface area (Å²) in [4.78, 5) is 4.03. The molecule has 0 unspecified atom stereocenters. The van der Waals surface area contributed by atoms with Crippen LogP contribution in [0.1, 0.15) is 23.4 Å². The maximum Gasteiger partial charge on any atom is 0.212 e. The van der Waals surface area contributed by atoms with Crippen molar-refractivity contribution in [2.45, 2.75) is 18.4 Å². The van der Waals surface area contributed by atoms with E-state index >= 15 is 0 Å². The molecule has 0 fully saturated rings. The molecule has 1 heterocycles. The van der Waals surface area contributed by atoms with Gasteiger partial charge in [-0.1, -0.05) is 60.7 Å². The van der Waals surface area contributed by atoms with Crippen LogP contribution in [0.15, 0.2) is 73.1 Å². The summed E-state index contributed by atoms with van der Waals surface area (Å²) in [6.07, 6.45) is 3.94. The van der Waals surface area contributed by atoms with Crippen LogP contribution in [-0.2, 0) is 12.0 Å². The maximum absolute atomic E-state index is 10.1. The van der Waals surface area contributed by atoms with E-state index in [-0.39, 0.29) is 0 Å². The summed E-state index contributed by atoms with van der Waals surface area (Å²) in [5.41, 5.74) is 1.15. The summed E-state index contributed by atoms with van der Waals surface area (Å²) >= 11 is 0. The van der Waals surface area contributed by atoms with Gasteiger partial charge in [-0.05, 0) is 17.5 Å². The predicted octanol–water partition coefficient (Wildman–Crippen LogP) is 3.65. The number of nitrogens with zero attached hydrogens (tertiary/aromatic N) is 4. The van der Waals surface area contributed by atoms with Crippen molar-refractivity contribution in [2.75, 3.05) is 0 Å². The molecule has 0 aliphatic rings. The third-order valence-corrected chi connectivity index (χ3v) is 4.27. The molecule has 1 aromatic heterocycles. The molecule has 0 aliphatic carbocycles. The van der Waals surface area contributed by atoms with E-state index < -0.39 is 5.41 Å². The Bertz CT molecular complexity index is 843. The van der Waals surface area contributed by atoms with Gasteiger partial charge in [0, 0.05) is 18.9 Å². The second-order valence-corrected chi connectivity index (χ2v) is 5.56. The lowest BCUT2D eigenvalue weighted by Gasteiger charge is -2.28. The fourth-order valence-electron chi connectivity index (χ4n) is 2.98. The molecule has 4 heteroatoms. The zero-order valence-corrected chi connectivity index (χ0v) is 13.1. The van der Waals surface area contributed by atoms with E-state index in [1.54, 1.807) is 17.0 Å². The largest absolute Gasteiger partial charge is 0.323 e. The number of imidazole rings is 1. The highest BCUT2D eigenvalue weighted by molar-refractivity contribution is 5.45. The van der Waals surface area contributed by atoms with Crippen molar-refractivity contribution < 1.29 is 0 Å². The van der Waals surface area contributed by atoms with E-state index in [2.05, 4.69) is 17.1 Å². The zero-order valence-electron chi connectivity index (χ0n) is 13.1. The first-order valence-corrected chi connectivity index (χ1v) is 7.74. The number of hydrogen-bond acceptors (Lipinski definition) is 3. The summed E-state index contributed by atoms with van der Waals surface area (Å²) in [6.45, 7) is 0.542. The van der Waals surface area contributed by atoms with Crippen LogP contribution in [0.25, 0.3) is 0 Å². The highest BCUT2D eigenvalue weighted by atomic mass is 15.1. The lowest BCUT2D eigenvalue weighted by atomic mass is 9.73. The SMILES string of the molecule is N#Cc1nccn1CCC(C#N)(c1ccccc1)c1ccccc1. The summed E-state index contributed by atoms with van der Waals surface area (Å²) in [5.74, 6) is 0.364. The number of aryl methyl sites for hydroxylation is 1. The molecule has 0 saturated carbocycles. The Morgan fingerprint density at radius 1 is 0.917 bits per heavy atom. The van der Waals surface area contributed by atoms with Gasteiger partial charge in [0.1, 0.15) is 11.5 Å². The average molecular weight is 312 g/mol. The fraction of sp³-hybridized carbons (Fsp3) is 0.150. The molecule has 3 aromatic rings. The molecule has 0 amide bonds. The second-order valence-electron chi connectivity index (χ2n) is 5.56. The van der Waals surface area contributed by atoms with Crippen LogP contribution in [0.4, 0.5) is 0 Å². The topological polar surface area (TPSA) is 65.4 Å². The van der Waals surface area contributed by atoms with Crippen LogP contribution in [0.2, 0.25) is 0 Å². The van der Waals surface area contributed by atoms with E-state index in [1.807, 2.05) is 60.7 Å². The zero-order chi connectivity index (χ0) is 16.8. The van der Waals surface area contributed by atoms with Crippen LogP contribution >= 0.6 is 0 Å². The third kappa shape index (κ3) is 2.78. The molecule has 3 rings (SSSR count). The molecule has 4 nitrogen and oxygen atoms in total. The van der Waals surface area contributed by atoms with Gasteiger partial charge in [0.25, 0.3) is 0 Å². The molecular formula is C20H16N4. The molecule has 0 spiro atoms. The van der Waals surface area contributed by atoms with Crippen molar-refractivity contribution in [1.29, 1.82) is 10.5 Å². The minimum atomic E-state index is -0.764. The van der Waals surface area contributed by atoms with Gasteiger partial charge in [0.05, 0.1) is 6.07 Å². The van der Waals surface area contributed by atoms with E-state index in [4.69, 9.17) is 5.26 Å². The summed E-state index contributed by atoms with van der Waals surface area (Å²) in [7, 11) is 0. The molecular weight excluding hydrogens is 296 g/mol. The first-order chi connectivity index (χ1) is 11.8. The number of benzene rings is 2. The van der Waals surface area contributed by atoms with Gasteiger partial charge in [-0.25, -0.2) is 4.98 Å². The van der Waals surface area contributed by atoms with Crippen LogP contribution < -0.4 is 0 Å². The minimum absolute atomic E-state index is 0.364. The summed E-state index contributed by atoms with van der Waals surface area (Å²) in [5, 5.41) is 19.2. The van der Waals surface area contributed by atoms with Gasteiger partial charge in [0.15, 0.2) is 0 Å². The van der Waals surface area contributed by atoms with Crippen molar-refractivity contribution in [3.63, 3.8) is 0 Å². The number of nitriles is 2. The van der Waals surface area contributed by atoms with Crippen molar-refractivity contribution in [3.05, 3.63) is 90.0 Å². The molecule has 2 aromatic carbocycles. The normalized spacial score (nSPS) is 10.8. The fourth-order valence-corrected chi connectivity index (χ4v) is 2.98. The van der Waals surface area contributed by atoms with Crippen molar-refractivity contribution in [1.82, 2.24) is 9.55 Å². The number of hydrogen-bond donors (Lipinski definition) is 0. The molecule has 0 bridgehead atoms. The number of rotatable bonds is 5. The van der Waals surface area contributed by atoms with Crippen LogP contribution in [0, 0.1) is 22.7 Å². The molecule has 0 N–H and O–H groups in total. The van der Waals surface area contributed by atoms with Crippen molar-refractivity contribution >= 4 is 0 Å². The van der Waals surface area contributed by atoms with Gasteiger partial charge in [0.2, 0.25) is 5.82 Å². The van der Waals surface area contributed by atoms with E-state index in [0.717, 1.165) is 11.1 Å². The van der Waals surface area contributed by atoms with Gasteiger partial charge >= 0.3 is 0 Å². The number of aromatic nitrogens is 2. The van der Waals surface area contributed by atoms with Crippen LogP contribution in [0.3, 0.4) is 0 Å². The standard InChI is InChI=1S/C20H16N4/c21-15-19-23-12-14-24(19)13-11-20(16-22,17-7-3-1-4-8-17)18-9-5-2-6-10-18/h1-10,12,14H,11,13H2. The Balaban J connectivity index is 2.03. The summed E-state index contributed by atoms with van der Waals surface area (Å²) < 4.78 is 1.79. The lowest BCUT2D eigenvalue weighted by Crippen LogP contribution is -2.27. The summed E-state index contributed by atoms with van der Waals surface area (Å²) in [6, 6.07) is 24.2. The Morgan fingerprint density at radius 3 is 2.00 bits per heavy atom. The Hall–Kier alpha value is -3.37.